The van der Waals surface area contributed by atoms with E-state index >= 15 is 0 Å². The lowest BCUT2D eigenvalue weighted by molar-refractivity contribution is 0.0697. The van der Waals surface area contributed by atoms with Gasteiger partial charge in [0.25, 0.3) is 0 Å². The summed E-state index contributed by atoms with van der Waals surface area (Å²) in [7, 11) is 0. The van der Waals surface area contributed by atoms with Crippen LogP contribution in [0.5, 0.6) is 0 Å². The number of rotatable bonds is 9. The molecule has 1 saturated heterocycles. The highest BCUT2D eigenvalue weighted by Gasteiger charge is 2.27. The van der Waals surface area contributed by atoms with Gasteiger partial charge in [0.2, 0.25) is 0 Å². The highest BCUT2D eigenvalue weighted by molar-refractivity contribution is 7.99. The van der Waals surface area contributed by atoms with E-state index in [1.165, 1.54) is 11.8 Å². The summed E-state index contributed by atoms with van der Waals surface area (Å²) in [5.74, 6) is -0.264. The molecule has 39 heavy (non-hydrogen) atoms. The number of carboxylic acids is 1. The smallest absolute Gasteiger partial charge is 0.337 e. The summed E-state index contributed by atoms with van der Waals surface area (Å²) in [5.41, 5.74) is 3.53. The SMILES string of the molecule is CCCc1nnc(SC(c2ccc(Cl)cc2)c2ccc(Cl)cc2)n1-c1ccc(N2CCC(O)C2)c(C(=O)O)c1. The summed E-state index contributed by atoms with van der Waals surface area (Å²) in [5, 5.41) is 31.0. The van der Waals surface area contributed by atoms with Crippen molar-refractivity contribution in [2.45, 2.75) is 42.7 Å². The summed E-state index contributed by atoms with van der Waals surface area (Å²) in [6.45, 7) is 3.10. The summed E-state index contributed by atoms with van der Waals surface area (Å²) in [4.78, 5) is 14.2. The van der Waals surface area contributed by atoms with Crippen molar-refractivity contribution in [3.63, 3.8) is 0 Å². The fourth-order valence-corrected chi connectivity index (χ4v) is 6.25. The molecule has 5 rings (SSSR count). The molecule has 1 atom stereocenters. The first kappa shape index (κ1) is 27.5. The largest absolute Gasteiger partial charge is 0.478 e. The quantitative estimate of drug-likeness (QED) is 0.213. The van der Waals surface area contributed by atoms with Crippen molar-refractivity contribution in [3.8, 4) is 5.69 Å². The number of nitrogens with zero attached hydrogens (tertiary/aromatic N) is 4. The van der Waals surface area contributed by atoms with Gasteiger partial charge in [-0.15, -0.1) is 10.2 Å². The van der Waals surface area contributed by atoms with E-state index in [0.29, 0.717) is 52.5 Å². The van der Waals surface area contributed by atoms with E-state index in [-0.39, 0.29) is 10.8 Å². The van der Waals surface area contributed by atoms with Crippen LogP contribution in [0.3, 0.4) is 0 Å². The molecule has 2 N–H and O–H groups in total. The van der Waals surface area contributed by atoms with E-state index < -0.39 is 12.1 Å². The molecule has 1 aliphatic heterocycles. The molecule has 202 valence electrons. The molecule has 4 aromatic rings. The molecule has 0 radical (unpaired) electrons. The second kappa shape index (κ2) is 12.0. The van der Waals surface area contributed by atoms with Crippen molar-refractivity contribution in [2.24, 2.45) is 0 Å². The summed E-state index contributed by atoms with van der Waals surface area (Å²) in [6, 6.07) is 20.8. The number of hydrogen-bond donors (Lipinski definition) is 2. The van der Waals surface area contributed by atoms with E-state index in [1.54, 1.807) is 6.07 Å². The van der Waals surface area contributed by atoms with Crippen LogP contribution < -0.4 is 4.90 Å². The molecule has 0 bridgehead atoms. The Kier molecular flexibility index (Phi) is 8.47. The van der Waals surface area contributed by atoms with Gasteiger partial charge in [-0.25, -0.2) is 4.79 Å². The van der Waals surface area contributed by atoms with Gasteiger partial charge in [-0.3, -0.25) is 4.57 Å². The zero-order valence-electron chi connectivity index (χ0n) is 21.3. The van der Waals surface area contributed by atoms with E-state index in [0.717, 1.165) is 23.4 Å². The number of aryl methyl sites for hydroxylation is 1. The zero-order chi connectivity index (χ0) is 27.5. The monoisotopic (exact) mass is 582 g/mol. The molecule has 0 aliphatic carbocycles. The van der Waals surface area contributed by atoms with E-state index in [9.17, 15) is 15.0 Å². The topological polar surface area (TPSA) is 91.5 Å². The fourth-order valence-electron chi connectivity index (χ4n) is 4.80. The van der Waals surface area contributed by atoms with Gasteiger partial charge in [-0.05, 0) is 66.4 Å². The molecular formula is C29H28Cl2N4O3S. The maximum Gasteiger partial charge on any atom is 0.337 e. The molecule has 1 aliphatic rings. The minimum Gasteiger partial charge on any atom is -0.478 e. The highest BCUT2D eigenvalue weighted by atomic mass is 35.5. The normalized spacial score (nSPS) is 15.3. The minimum atomic E-state index is -1.02. The van der Waals surface area contributed by atoms with Crippen LogP contribution in [0, 0.1) is 0 Å². The second-order valence-corrected chi connectivity index (χ2v) is 11.4. The lowest BCUT2D eigenvalue weighted by Crippen LogP contribution is -2.23. The third-order valence-electron chi connectivity index (χ3n) is 6.72. The van der Waals surface area contributed by atoms with Crippen LogP contribution in [0.1, 0.15) is 52.3 Å². The number of carbonyl (C=O) groups is 1. The van der Waals surface area contributed by atoms with E-state index in [4.69, 9.17) is 23.2 Å². The zero-order valence-corrected chi connectivity index (χ0v) is 23.6. The first-order chi connectivity index (χ1) is 18.8. The first-order valence-corrected chi connectivity index (χ1v) is 14.4. The van der Waals surface area contributed by atoms with E-state index in [2.05, 4.69) is 17.1 Å². The number of anilines is 1. The molecule has 2 heterocycles. The minimum absolute atomic E-state index is 0.138. The van der Waals surface area contributed by atoms with Crippen LogP contribution in [0.15, 0.2) is 71.9 Å². The molecule has 10 heteroatoms. The molecule has 0 spiro atoms. The third-order valence-corrected chi connectivity index (χ3v) is 8.47. The van der Waals surface area contributed by atoms with Gasteiger partial charge in [0.1, 0.15) is 5.82 Å². The van der Waals surface area contributed by atoms with Gasteiger partial charge in [0.05, 0.1) is 28.3 Å². The van der Waals surface area contributed by atoms with Crippen molar-refractivity contribution in [2.75, 3.05) is 18.0 Å². The van der Waals surface area contributed by atoms with Gasteiger partial charge in [0, 0.05) is 29.6 Å². The highest BCUT2D eigenvalue weighted by Crippen LogP contribution is 2.42. The predicted octanol–water partition coefficient (Wildman–Crippen LogP) is 6.68. The fraction of sp³-hybridized carbons (Fsp3) is 0.276. The van der Waals surface area contributed by atoms with Crippen molar-refractivity contribution in [1.82, 2.24) is 14.8 Å². The maximum absolute atomic E-state index is 12.3. The number of aromatic carboxylic acids is 1. The molecule has 0 saturated carbocycles. The standard InChI is InChI=1S/C29H28Cl2N4O3S/c1-2-3-26-32-33-29(39-27(18-4-8-20(30)9-5-18)19-6-10-21(31)11-7-19)35(26)22-12-13-25(24(16-22)28(37)38)34-15-14-23(36)17-34/h4-13,16,23,27,36H,2-3,14-15,17H2,1H3,(H,37,38). The second-order valence-electron chi connectivity index (χ2n) is 9.48. The van der Waals surface area contributed by atoms with Crippen LogP contribution in [0.4, 0.5) is 5.69 Å². The summed E-state index contributed by atoms with van der Waals surface area (Å²) >= 11 is 13.9. The third kappa shape index (κ3) is 6.09. The Labute approximate surface area is 241 Å². The van der Waals surface area contributed by atoms with Crippen molar-refractivity contribution < 1.29 is 15.0 Å². The number of aliphatic hydroxyl groups excluding tert-OH is 1. The first-order valence-electron chi connectivity index (χ1n) is 12.8. The van der Waals surface area contributed by atoms with Crippen molar-refractivity contribution in [1.29, 1.82) is 0 Å². The van der Waals surface area contributed by atoms with Gasteiger partial charge in [0.15, 0.2) is 5.16 Å². The average molecular weight is 584 g/mol. The lowest BCUT2D eigenvalue weighted by atomic mass is 10.0. The number of hydrogen-bond acceptors (Lipinski definition) is 6. The van der Waals surface area contributed by atoms with Gasteiger partial charge in [-0.2, -0.15) is 0 Å². The molecule has 0 amide bonds. The molecule has 3 aromatic carbocycles. The number of aromatic nitrogens is 3. The van der Waals surface area contributed by atoms with Gasteiger partial charge in [-0.1, -0.05) is 66.2 Å². The van der Waals surface area contributed by atoms with Crippen molar-refractivity contribution >= 4 is 46.6 Å². The molecular weight excluding hydrogens is 555 g/mol. The van der Waals surface area contributed by atoms with E-state index in [1.807, 2.05) is 70.1 Å². The Hall–Kier alpha value is -3.04. The van der Waals surface area contributed by atoms with Crippen molar-refractivity contribution in [3.05, 3.63) is 99.3 Å². The van der Waals surface area contributed by atoms with Crippen LogP contribution in [-0.4, -0.2) is 50.1 Å². The Morgan fingerprint density at radius 2 is 1.67 bits per heavy atom. The maximum atomic E-state index is 12.3. The number of carboxylic acid groups (broad SMARTS) is 1. The Morgan fingerprint density at radius 3 is 2.21 bits per heavy atom. The molecule has 7 nitrogen and oxygen atoms in total. The number of β-amino-alcohol motifs (C(OH)–C–C–N with tert-alkyl or cyclic N) is 1. The summed E-state index contributed by atoms with van der Waals surface area (Å²) in [6.07, 6.45) is 1.70. The lowest BCUT2D eigenvalue weighted by Gasteiger charge is -2.22. The molecule has 1 aromatic heterocycles. The Bertz CT molecular complexity index is 1420. The Balaban J connectivity index is 1.58. The van der Waals surface area contributed by atoms with Crippen LogP contribution >= 0.6 is 35.0 Å². The molecule has 1 fully saturated rings. The average Bonchev–Trinajstić information content (AvgIpc) is 3.54. The van der Waals surface area contributed by atoms with Crippen LogP contribution in [-0.2, 0) is 6.42 Å². The number of benzene rings is 3. The number of thioether (sulfide) groups is 1. The molecule has 1 unspecified atom stereocenters. The predicted molar refractivity (Wildman–Crippen MR) is 156 cm³/mol. The number of aliphatic hydroxyl groups is 1. The van der Waals surface area contributed by atoms with Crippen LogP contribution in [0.25, 0.3) is 5.69 Å². The van der Waals surface area contributed by atoms with Gasteiger partial charge < -0.3 is 15.1 Å². The van der Waals surface area contributed by atoms with Gasteiger partial charge >= 0.3 is 5.97 Å². The number of halogens is 2. The summed E-state index contributed by atoms with van der Waals surface area (Å²) < 4.78 is 1.95. The van der Waals surface area contributed by atoms with Crippen LogP contribution in [0.2, 0.25) is 10.0 Å². The Morgan fingerprint density at radius 1 is 1.03 bits per heavy atom.